The van der Waals surface area contributed by atoms with Crippen molar-refractivity contribution in [1.29, 1.82) is 0 Å². The maximum atomic E-state index is 5.40. The number of H-pyrrole nitrogens is 1. The summed E-state index contributed by atoms with van der Waals surface area (Å²) in [5.74, 6) is 2.34. The fraction of sp³-hybridized carbons (Fsp3) is 0.100. The quantitative estimate of drug-likeness (QED) is 0.775. The summed E-state index contributed by atoms with van der Waals surface area (Å²) in [6.07, 6.45) is 0. The molecule has 1 N–H and O–H groups in total. The molecule has 2 aromatic rings. The van der Waals surface area contributed by atoms with Crippen molar-refractivity contribution in [2.75, 3.05) is 5.94 Å². The Labute approximate surface area is 85.2 Å². The summed E-state index contributed by atoms with van der Waals surface area (Å²) in [4.78, 5) is 7.65. The van der Waals surface area contributed by atoms with Gasteiger partial charge in [0.2, 0.25) is 0 Å². The van der Waals surface area contributed by atoms with E-state index in [1.165, 1.54) is 0 Å². The highest BCUT2D eigenvalue weighted by atomic mass is 32.2. The van der Waals surface area contributed by atoms with Gasteiger partial charge in [-0.3, -0.25) is 0 Å². The molecule has 0 bridgehead atoms. The molecule has 0 aliphatic carbocycles. The number of aromatic nitrogens is 2. The smallest absolute Gasteiger partial charge is 0.174 e. The predicted octanol–water partition coefficient (Wildman–Crippen LogP) is 2.58. The largest absolute Gasteiger partial charge is 0.478 e. The Balaban J connectivity index is 2.14. The lowest BCUT2D eigenvalue weighted by Gasteiger charge is -1.95. The van der Waals surface area contributed by atoms with E-state index in [-0.39, 0.29) is 0 Å². The van der Waals surface area contributed by atoms with Crippen LogP contribution in [-0.2, 0) is 4.74 Å². The maximum absolute atomic E-state index is 5.40. The Morgan fingerprint density at radius 2 is 2.29 bits per heavy atom. The molecule has 14 heavy (non-hydrogen) atoms. The highest BCUT2D eigenvalue weighted by Gasteiger charge is 2.12. The molecule has 1 aromatic carbocycles. The van der Waals surface area contributed by atoms with Crippen LogP contribution in [0.5, 0.6) is 0 Å². The zero-order valence-electron chi connectivity index (χ0n) is 7.36. The Hall–Kier alpha value is -1.42. The van der Waals surface area contributed by atoms with Crippen LogP contribution in [0.3, 0.4) is 0 Å². The van der Waals surface area contributed by atoms with E-state index >= 15 is 0 Å². The number of thioether (sulfide) groups is 1. The van der Waals surface area contributed by atoms with Gasteiger partial charge in [-0.2, -0.15) is 0 Å². The number of ether oxygens (including phenoxy) is 1. The molecule has 3 nitrogen and oxygen atoms in total. The molecule has 1 aliphatic rings. The van der Waals surface area contributed by atoms with Crippen LogP contribution in [-0.4, -0.2) is 15.9 Å². The van der Waals surface area contributed by atoms with Crippen LogP contribution < -0.4 is 0 Å². The normalized spacial score (nSPS) is 15.6. The third kappa shape index (κ3) is 1.19. The van der Waals surface area contributed by atoms with Gasteiger partial charge in [-0.05, 0) is 12.1 Å². The highest BCUT2D eigenvalue weighted by molar-refractivity contribution is 8.02. The van der Waals surface area contributed by atoms with Crippen molar-refractivity contribution < 1.29 is 4.74 Å². The molecular formula is C10H8N2OS. The SMILES string of the molecule is C1=C(c2nc3ccccc3[nH]2)OCS1. The van der Waals surface area contributed by atoms with Crippen LogP contribution in [0.1, 0.15) is 5.82 Å². The number of hydrogen-bond acceptors (Lipinski definition) is 3. The lowest BCUT2D eigenvalue weighted by Crippen LogP contribution is -1.87. The molecule has 0 amide bonds. The van der Waals surface area contributed by atoms with Crippen molar-refractivity contribution in [3.63, 3.8) is 0 Å². The van der Waals surface area contributed by atoms with E-state index in [4.69, 9.17) is 4.74 Å². The number of fused-ring (bicyclic) bond motifs is 1. The van der Waals surface area contributed by atoms with Crippen LogP contribution in [0.2, 0.25) is 0 Å². The second kappa shape index (κ2) is 3.06. The van der Waals surface area contributed by atoms with E-state index in [2.05, 4.69) is 9.97 Å². The van der Waals surface area contributed by atoms with E-state index in [1.807, 2.05) is 29.7 Å². The monoisotopic (exact) mass is 204 g/mol. The van der Waals surface area contributed by atoms with Crippen LogP contribution in [0.25, 0.3) is 16.8 Å². The van der Waals surface area contributed by atoms with Crippen LogP contribution in [0, 0.1) is 0 Å². The summed E-state index contributed by atoms with van der Waals surface area (Å²) >= 11 is 1.64. The Kier molecular flexibility index (Phi) is 1.73. The van der Waals surface area contributed by atoms with Crippen LogP contribution >= 0.6 is 11.8 Å². The van der Waals surface area contributed by atoms with Crippen molar-refractivity contribution in [3.05, 3.63) is 35.5 Å². The summed E-state index contributed by atoms with van der Waals surface area (Å²) < 4.78 is 5.40. The van der Waals surface area contributed by atoms with Gasteiger partial charge in [0, 0.05) is 5.41 Å². The lowest BCUT2D eigenvalue weighted by atomic mass is 10.3. The van der Waals surface area contributed by atoms with Gasteiger partial charge in [0.05, 0.1) is 11.0 Å². The molecule has 0 unspecified atom stereocenters. The van der Waals surface area contributed by atoms with E-state index in [1.54, 1.807) is 11.8 Å². The van der Waals surface area contributed by atoms with E-state index < -0.39 is 0 Å². The molecule has 2 heterocycles. The van der Waals surface area contributed by atoms with Crippen molar-refractivity contribution >= 4 is 28.6 Å². The van der Waals surface area contributed by atoms with Crippen LogP contribution in [0.4, 0.5) is 0 Å². The average Bonchev–Trinajstić information content (AvgIpc) is 2.86. The minimum absolute atomic E-state index is 0.687. The fourth-order valence-corrected chi connectivity index (χ4v) is 2.03. The molecule has 4 heteroatoms. The predicted molar refractivity (Wildman–Crippen MR) is 57.6 cm³/mol. The summed E-state index contributed by atoms with van der Waals surface area (Å²) in [6, 6.07) is 7.96. The first-order valence-electron chi connectivity index (χ1n) is 4.33. The molecule has 0 fully saturated rings. The second-order valence-corrected chi connectivity index (χ2v) is 3.82. The summed E-state index contributed by atoms with van der Waals surface area (Å²) in [5.41, 5.74) is 2.02. The van der Waals surface area contributed by atoms with Gasteiger partial charge < -0.3 is 9.72 Å². The topological polar surface area (TPSA) is 37.9 Å². The first kappa shape index (κ1) is 7.94. The number of para-hydroxylation sites is 2. The Bertz CT molecular complexity index is 471. The lowest BCUT2D eigenvalue weighted by molar-refractivity contribution is 0.353. The minimum Gasteiger partial charge on any atom is -0.478 e. The van der Waals surface area contributed by atoms with Gasteiger partial charge in [0.25, 0.3) is 0 Å². The second-order valence-electron chi connectivity index (χ2n) is 3.01. The standard InChI is InChI=1S/C10H8N2OS/c1-2-4-8-7(3-1)11-10(12-8)9-5-14-6-13-9/h1-5H,6H2,(H,11,12). The third-order valence-electron chi connectivity index (χ3n) is 2.10. The summed E-state index contributed by atoms with van der Waals surface area (Å²) in [6.45, 7) is 0. The number of nitrogens with zero attached hydrogens (tertiary/aromatic N) is 1. The molecule has 1 aliphatic heterocycles. The third-order valence-corrected chi connectivity index (χ3v) is 2.73. The Morgan fingerprint density at radius 1 is 1.36 bits per heavy atom. The van der Waals surface area contributed by atoms with Gasteiger partial charge in [0.15, 0.2) is 11.6 Å². The van der Waals surface area contributed by atoms with E-state index in [9.17, 15) is 0 Å². The number of aromatic amines is 1. The fourth-order valence-electron chi connectivity index (χ4n) is 1.43. The van der Waals surface area contributed by atoms with Gasteiger partial charge in [0.1, 0.15) is 5.94 Å². The van der Waals surface area contributed by atoms with Gasteiger partial charge >= 0.3 is 0 Å². The van der Waals surface area contributed by atoms with Gasteiger partial charge in [-0.15, -0.1) is 0 Å². The van der Waals surface area contributed by atoms with Crippen molar-refractivity contribution in [3.8, 4) is 0 Å². The zero-order valence-corrected chi connectivity index (χ0v) is 8.17. The molecule has 1 aromatic heterocycles. The van der Waals surface area contributed by atoms with E-state index in [0.29, 0.717) is 5.94 Å². The molecule has 0 radical (unpaired) electrons. The average molecular weight is 204 g/mol. The highest BCUT2D eigenvalue weighted by Crippen LogP contribution is 2.26. The molecule has 0 spiro atoms. The van der Waals surface area contributed by atoms with Gasteiger partial charge in [-0.1, -0.05) is 23.9 Å². The van der Waals surface area contributed by atoms with E-state index in [0.717, 1.165) is 22.6 Å². The van der Waals surface area contributed by atoms with Gasteiger partial charge in [-0.25, -0.2) is 4.98 Å². The number of hydrogen-bond donors (Lipinski definition) is 1. The minimum atomic E-state index is 0.687. The Morgan fingerprint density at radius 3 is 3.07 bits per heavy atom. The molecular weight excluding hydrogens is 196 g/mol. The van der Waals surface area contributed by atoms with Crippen molar-refractivity contribution in [1.82, 2.24) is 9.97 Å². The van der Waals surface area contributed by atoms with Crippen molar-refractivity contribution in [2.24, 2.45) is 0 Å². The maximum Gasteiger partial charge on any atom is 0.174 e. The van der Waals surface area contributed by atoms with Crippen molar-refractivity contribution in [2.45, 2.75) is 0 Å². The molecule has 70 valence electrons. The molecule has 0 saturated carbocycles. The number of imidazole rings is 1. The first-order valence-corrected chi connectivity index (χ1v) is 5.38. The molecule has 3 rings (SSSR count). The number of rotatable bonds is 1. The number of nitrogens with one attached hydrogen (secondary N) is 1. The summed E-state index contributed by atoms with van der Waals surface area (Å²) in [7, 11) is 0. The van der Waals surface area contributed by atoms with Crippen LogP contribution in [0.15, 0.2) is 29.7 Å². The molecule has 0 saturated heterocycles. The molecule has 0 atom stereocenters. The first-order chi connectivity index (χ1) is 6.93. The summed E-state index contributed by atoms with van der Waals surface area (Å²) in [5, 5.41) is 1.98. The number of benzene rings is 1. The zero-order chi connectivity index (χ0) is 9.38.